The van der Waals surface area contributed by atoms with Gasteiger partial charge in [-0.1, -0.05) is 29.8 Å². The van der Waals surface area contributed by atoms with Crippen molar-refractivity contribution in [2.24, 2.45) is 11.0 Å². The van der Waals surface area contributed by atoms with Crippen LogP contribution in [-0.4, -0.2) is 45.0 Å². The van der Waals surface area contributed by atoms with Crippen LogP contribution in [-0.2, 0) is 14.8 Å². The molecule has 1 fully saturated rings. The maximum absolute atomic E-state index is 12.8. The smallest absolute Gasteiger partial charge is 0.243 e. The number of hydrogen-bond donors (Lipinski definition) is 1. The van der Waals surface area contributed by atoms with E-state index in [1.807, 2.05) is 31.2 Å². The van der Waals surface area contributed by atoms with Crippen LogP contribution in [0.15, 0.2) is 58.5 Å². The van der Waals surface area contributed by atoms with Gasteiger partial charge in [-0.05, 0) is 44.0 Å². The molecule has 29 heavy (non-hydrogen) atoms. The highest BCUT2D eigenvalue weighted by Gasteiger charge is 2.32. The fourth-order valence-electron chi connectivity index (χ4n) is 3.25. The number of benzene rings is 2. The molecule has 1 saturated heterocycles. The monoisotopic (exact) mass is 415 g/mol. The minimum Gasteiger partial charge on any atom is -0.496 e. The summed E-state index contributed by atoms with van der Waals surface area (Å²) in [6.45, 7) is 2.53. The number of para-hydroxylation sites is 1. The van der Waals surface area contributed by atoms with Gasteiger partial charge in [0.2, 0.25) is 15.9 Å². The van der Waals surface area contributed by atoms with Crippen molar-refractivity contribution in [1.82, 2.24) is 9.73 Å². The van der Waals surface area contributed by atoms with Crippen LogP contribution in [0, 0.1) is 12.8 Å². The van der Waals surface area contributed by atoms with Gasteiger partial charge in [0.1, 0.15) is 5.75 Å². The number of rotatable bonds is 6. The summed E-state index contributed by atoms with van der Waals surface area (Å²) in [5.74, 6) is 0.193. The Morgan fingerprint density at radius 3 is 2.45 bits per heavy atom. The number of carbonyl (C=O) groups excluding carboxylic acids is 1. The molecular formula is C21H25N3O4S. The van der Waals surface area contributed by atoms with Gasteiger partial charge in [0, 0.05) is 24.6 Å². The number of sulfonamides is 1. The quantitative estimate of drug-likeness (QED) is 0.580. The van der Waals surface area contributed by atoms with Crippen molar-refractivity contribution in [3.63, 3.8) is 0 Å². The number of carbonyl (C=O) groups is 1. The van der Waals surface area contributed by atoms with E-state index in [0.29, 0.717) is 31.7 Å². The van der Waals surface area contributed by atoms with Crippen molar-refractivity contribution in [3.8, 4) is 5.75 Å². The van der Waals surface area contributed by atoms with Gasteiger partial charge in [0.05, 0.1) is 18.2 Å². The van der Waals surface area contributed by atoms with E-state index in [-0.39, 0.29) is 16.7 Å². The van der Waals surface area contributed by atoms with E-state index >= 15 is 0 Å². The number of ether oxygens (including phenoxy) is 1. The summed E-state index contributed by atoms with van der Waals surface area (Å²) < 4.78 is 32.2. The minimum absolute atomic E-state index is 0.205. The Balaban J connectivity index is 1.55. The minimum atomic E-state index is -3.53. The predicted molar refractivity (Wildman–Crippen MR) is 111 cm³/mol. The van der Waals surface area contributed by atoms with Crippen LogP contribution in [0.25, 0.3) is 0 Å². The molecular weight excluding hydrogens is 390 g/mol. The first-order chi connectivity index (χ1) is 13.9. The van der Waals surface area contributed by atoms with Crippen LogP contribution in [0.2, 0.25) is 0 Å². The van der Waals surface area contributed by atoms with Crippen molar-refractivity contribution < 1.29 is 17.9 Å². The predicted octanol–water partition coefficient (Wildman–Crippen LogP) is 2.55. The summed E-state index contributed by atoms with van der Waals surface area (Å²) in [6, 6.07) is 14.2. The number of aryl methyl sites for hydroxylation is 1. The molecule has 3 rings (SSSR count). The van der Waals surface area contributed by atoms with E-state index in [9.17, 15) is 13.2 Å². The van der Waals surface area contributed by atoms with Gasteiger partial charge < -0.3 is 4.74 Å². The second-order valence-electron chi connectivity index (χ2n) is 6.97. The molecule has 154 valence electrons. The second kappa shape index (κ2) is 9.19. The molecule has 1 aliphatic rings. The molecule has 0 saturated carbocycles. The third-order valence-corrected chi connectivity index (χ3v) is 6.91. The van der Waals surface area contributed by atoms with Crippen LogP contribution in [0.4, 0.5) is 0 Å². The first-order valence-electron chi connectivity index (χ1n) is 9.44. The van der Waals surface area contributed by atoms with Gasteiger partial charge in [0.15, 0.2) is 0 Å². The highest BCUT2D eigenvalue weighted by molar-refractivity contribution is 7.89. The van der Waals surface area contributed by atoms with E-state index in [4.69, 9.17) is 4.74 Å². The molecule has 1 amide bonds. The maximum atomic E-state index is 12.8. The summed E-state index contributed by atoms with van der Waals surface area (Å²) >= 11 is 0. The standard InChI is InChI=1S/C21H25N3O4S/c1-16-7-9-19(10-8-16)29(26,27)24-13-11-17(12-14-24)21(25)23-22-15-18-5-3-4-6-20(18)28-2/h3-10,15,17H,11-14H2,1-2H3,(H,23,25)/b22-15-. The molecule has 1 aliphatic heterocycles. The van der Waals surface area contributed by atoms with Crippen molar-refractivity contribution in [2.75, 3.05) is 20.2 Å². The topological polar surface area (TPSA) is 88.1 Å². The first kappa shape index (κ1) is 21.0. The molecule has 0 radical (unpaired) electrons. The van der Waals surface area contributed by atoms with Gasteiger partial charge in [-0.15, -0.1) is 0 Å². The Hall–Kier alpha value is -2.71. The Kier molecular flexibility index (Phi) is 6.66. The number of piperidine rings is 1. The lowest BCUT2D eigenvalue weighted by atomic mass is 9.98. The molecule has 7 nitrogen and oxygen atoms in total. The lowest BCUT2D eigenvalue weighted by Crippen LogP contribution is -2.42. The number of methoxy groups -OCH3 is 1. The molecule has 0 aromatic heterocycles. The molecule has 1 heterocycles. The summed E-state index contributed by atoms with van der Waals surface area (Å²) in [4.78, 5) is 12.7. The first-order valence-corrected chi connectivity index (χ1v) is 10.9. The molecule has 0 spiro atoms. The van der Waals surface area contributed by atoms with E-state index in [0.717, 1.165) is 11.1 Å². The van der Waals surface area contributed by atoms with Crippen molar-refractivity contribution in [1.29, 1.82) is 0 Å². The van der Waals surface area contributed by atoms with Crippen LogP contribution in [0.5, 0.6) is 5.75 Å². The van der Waals surface area contributed by atoms with E-state index in [1.54, 1.807) is 31.4 Å². The summed E-state index contributed by atoms with van der Waals surface area (Å²) in [7, 11) is -1.96. The Morgan fingerprint density at radius 2 is 1.79 bits per heavy atom. The molecule has 0 atom stereocenters. The van der Waals surface area contributed by atoms with E-state index in [2.05, 4.69) is 10.5 Å². The van der Waals surface area contributed by atoms with Gasteiger partial charge in [-0.25, -0.2) is 13.8 Å². The second-order valence-corrected chi connectivity index (χ2v) is 8.91. The van der Waals surface area contributed by atoms with Crippen molar-refractivity contribution >= 4 is 22.1 Å². The SMILES string of the molecule is COc1ccccc1/C=N\NC(=O)C1CCN(S(=O)(=O)c2ccc(C)cc2)CC1. The molecule has 1 N–H and O–H groups in total. The largest absolute Gasteiger partial charge is 0.496 e. The summed E-state index contributed by atoms with van der Waals surface area (Å²) in [5.41, 5.74) is 4.32. The number of hydrazone groups is 1. The molecule has 2 aromatic carbocycles. The number of nitrogens with one attached hydrogen (secondary N) is 1. The van der Waals surface area contributed by atoms with Crippen LogP contribution >= 0.6 is 0 Å². The van der Waals surface area contributed by atoms with Gasteiger partial charge in [0.25, 0.3) is 0 Å². The summed E-state index contributed by atoms with van der Waals surface area (Å²) in [6.07, 6.45) is 2.45. The highest BCUT2D eigenvalue weighted by atomic mass is 32.2. The van der Waals surface area contributed by atoms with Crippen LogP contribution < -0.4 is 10.2 Å². The Morgan fingerprint density at radius 1 is 1.14 bits per heavy atom. The Bertz CT molecular complexity index is 979. The normalized spacial score (nSPS) is 16.1. The molecule has 2 aromatic rings. The third kappa shape index (κ3) is 5.02. The zero-order valence-electron chi connectivity index (χ0n) is 16.5. The Labute approximate surface area is 171 Å². The van der Waals surface area contributed by atoms with Gasteiger partial charge in [-0.3, -0.25) is 4.79 Å². The number of hydrogen-bond acceptors (Lipinski definition) is 5. The maximum Gasteiger partial charge on any atom is 0.243 e. The van der Waals surface area contributed by atoms with Gasteiger partial charge in [-0.2, -0.15) is 9.41 Å². The van der Waals surface area contributed by atoms with Crippen molar-refractivity contribution in [3.05, 3.63) is 59.7 Å². The average Bonchev–Trinajstić information content (AvgIpc) is 2.74. The summed E-state index contributed by atoms with van der Waals surface area (Å²) in [5, 5.41) is 4.01. The molecule has 0 unspecified atom stereocenters. The number of amides is 1. The highest BCUT2D eigenvalue weighted by Crippen LogP contribution is 2.24. The van der Waals surface area contributed by atoms with E-state index in [1.165, 1.54) is 10.5 Å². The molecule has 0 aliphatic carbocycles. The number of nitrogens with zero attached hydrogens (tertiary/aromatic N) is 2. The zero-order valence-corrected chi connectivity index (χ0v) is 17.4. The lowest BCUT2D eigenvalue weighted by molar-refractivity contribution is -0.126. The van der Waals surface area contributed by atoms with Crippen LogP contribution in [0.1, 0.15) is 24.0 Å². The zero-order chi connectivity index (χ0) is 20.9. The fourth-order valence-corrected chi connectivity index (χ4v) is 4.72. The molecule has 8 heteroatoms. The van der Waals surface area contributed by atoms with Crippen molar-refractivity contribution in [2.45, 2.75) is 24.7 Å². The van der Waals surface area contributed by atoms with Crippen LogP contribution in [0.3, 0.4) is 0 Å². The third-order valence-electron chi connectivity index (χ3n) is 5.00. The van der Waals surface area contributed by atoms with Gasteiger partial charge >= 0.3 is 0 Å². The molecule has 0 bridgehead atoms. The average molecular weight is 416 g/mol. The lowest BCUT2D eigenvalue weighted by Gasteiger charge is -2.30. The van der Waals surface area contributed by atoms with E-state index < -0.39 is 10.0 Å². The fraction of sp³-hybridized carbons (Fsp3) is 0.333.